The maximum Gasteiger partial charge on any atom is 0.0668 e. The predicted molar refractivity (Wildman–Crippen MR) is 79.2 cm³/mol. The van der Waals surface area contributed by atoms with Gasteiger partial charge in [-0.05, 0) is 31.1 Å². The standard InChI is InChI=1S/C15H27ClN2/c1-6-14-13(9-16)15(7-2)18(17-14)10-12(5)8-11(3)4/h11-12H,6-10H2,1-5H3. The summed E-state index contributed by atoms with van der Waals surface area (Å²) in [6, 6.07) is 0. The number of aromatic nitrogens is 2. The first-order valence-electron chi connectivity index (χ1n) is 7.16. The van der Waals surface area contributed by atoms with Crippen LogP contribution in [0.25, 0.3) is 0 Å². The van der Waals surface area contributed by atoms with E-state index in [2.05, 4.69) is 39.3 Å². The van der Waals surface area contributed by atoms with E-state index in [0.717, 1.165) is 25.3 Å². The fourth-order valence-corrected chi connectivity index (χ4v) is 3.06. The summed E-state index contributed by atoms with van der Waals surface area (Å²) in [4.78, 5) is 0. The summed E-state index contributed by atoms with van der Waals surface area (Å²) in [5.74, 6) is 2.01. The zero-order valence-electron chi connectivity index (χ0n) is 12.5. The van der Waals surface area contributed by atoms with Gasteiger partial charge >= 0.3 is 0 Å². The highest BCUT2D eigenvalue weighted by molar-refractivity contribution is 6.17. The molecular weight excluding hydrogens is 244 g/mol. The fourth-order valence-electron chi connectivity index (χ4n) is 2.75. The van der Waals surface area contributed by atoms with Crippen LogP contribution < -0.4 is 0 Å². The van der Waals surface area contributed by atoms with Crippen molar-refractivity contribution in [1.29, 1.82) is 0 Å². The molecule has 0 saturated heterocycles. The molecule has 3 heteroatoms. The van der Waals surface area contributed by atoms with Gasteiger partial charge in [0.25, 0.3) is 0 Å². The average molecular weight is 271 g/mol. The lowest BCUT2D eigenvalue weighted by atomic mass is 9.99. The molecule has 1 aromatic rings. The van der Waals surface area contributed by atoms with Gasteiger partial charge in [-0.15, -0.1) is 11.6 Å². The van der Waals surface area contributed by atoms with Crippen LogP contribution in [0, 0.1) is 11.8 Å². The molecule has 0 fully saturated rings. The number of hydrogen-bond donors (Lipinski definition) is 0. The second kappa shape index (κ2) is 7.18. The molecule has 18 heavy (non-hydrogen) atoms. The van der Waals surface area contributed by atoms with E-state index in [9.17, 15) is 0 Å². The predicted octanol–water partition coefficient (Wildman–Crippen LogP) is 4.43. The van der Waals surface area contributed by atoms with Gasteiger partial charge < -0.3 is 0 Å². The highest BCUT2D eigenvalue weighted by Crippen LogP contribution is 2.21. The van der Waals surface area contributed by atoms with E-state index in [1.54, 1.807) is 0 Å². The molecular formula is C15H27ClN2. The monoisotopic (exact) mass is 270 g/mol. The van der Waals surface area contributed by atoms with Crippen LogP contribution in [0.2, 0.25) is 0 Å². The van der Waals surface area contributed by atoms with E-state index >= 15 is 0 Å². The van der Waals surface area contributed by atoms with Gasteiger partial charge in [0.15, 0.2) is 0 Å². The summed E-state index contributed by atoms with van der Waals surface area (Å²) in [6.45, 7) is 12.2. The molecule has 0 aliphatic heterocycles. The summed E-state index contributed by atoms with van der Waals surface area (Å²) in [6.07, 6.45) is 3.24. The molecule has 0 bridgehead atoms. The Kier molecular flexibility index (Phi) is 6.20. The maximum atomic E-state index is 6.08. The van der Waals surface area contributed by atoms with Gasteiger partial charge in [-0.2, -0.15) is 5.10 Å². The Labute approximate surface area is 117 Å². The number of halogens is 1. The Morgan fingerprint density at radius 1 is 1.17 bits per heavy atom. The Morgan fingerprint density at radius 2 is 1.83 bits per heavy atom. The molecule has 0 spiro atoms. The van der Waals surface area contributed by atoms with Crippen molar-refractivity contribution in [3.63, 3.8) is 0 Å². The van der Waals surface area contributed by atoms with Gasteiger partial charge in [-0.1, -0.05) is 34.6 Å². The first kappa shape index (κ1) is 15.6. The number of rotatable bonds is 7. The van der Waals surface area contributed by atoms with Crippen molar-refractivity contribution in [2.24, 2.45) is 11.8 Å². The summed E-state index contributed by atoms with van der Waals surface area (Å²) in [5, 5.41) is 4.75. The highest BCUT2D eigenvalue weighted by atomic mass is 35.5. The van der Waals surface area contributed by atoms with Crippen molar-refractivity contribution in [3.05, 3.63) is 17.0 Å². The Morgan fingerprint density at radius 3 is 2.28 bits per heavy atom. The molecule has 104 valence electrons. The van der Waals surface area contributed by atoms with E-state index in [4.69, 9.17) is 16.7 Å². The van der Waals surface area contributed by atoms with Crippen LogP contribution in [-0.2, 0) is 25.3 Å². The quantitative estimate of drug-likeness (QED) is 0.670. The second-order valence-electron chi connectivity index (χ2n) is 5.63. The van der Waals surface area contributed by atoms with Crippen molar-refractivity contribution >= 4 is 11.6 Å². The van der Waals surface area contributed by atoms with Crippen molar-refractivity contribution in [3.8, 4) is 0 Å². The van der Waals surface area contributed by atoms with Gasteiger partial charge in [0.05, 0.1) is 11.6 Å². The first-order valence-corrected chi connectivity index (χ1v) is 7.70. The van der Waals surface area contributed by atoms with Gasteiger partial charge in [0.2, 0.25) is 0 Å². The Bertz CT molecular complexity index is 369. The molecule has 1 unspecified atom stereocenters. The van der Waals surface area contributed by atoms with Crippen molar-refractivity contribution in [2.75, 3.05) is 0 Å². The number of nitrogens with zero attached hydrogens (tertiary/aromatic N) is 2. The van der Waals surface area contributed by atoms with E-state index < -0.39 is 0 Å². The van der Waals surface area contributed by atoms with Crippen LogP contribution in [0.3, 0.4) is 0 Å². The molecule has 0 aliphatic rings. The minimum absolute atomic E-state index is 0.588. The normalized spacial score (nSPS) is 13.3. The third-order valence-corrected chi connectivity index (χ3v) is 3.68. The van der Waals surface area contributed by atoms with E-state index in [1.165, 1.54) is 23.4 Å². The molecule has 0 radical (unpaired) electrons. The smallest absolute Gasteiger partial charge is 0.0668 e. The minimum atomic E-state index is 0.588. The molecule has 0 aromatic carbocycles. The van der Waals surface area contributed by atoms with Crippen LogP contribution in [0.15, 0.2) is 0 Å². The third-order valence-electron chi connectivity index (χ3n) is 3.41. The molecule has 0 aliphatic carbocycles. The van der Waals surface area contributed by atoms with Crippen LogP contribution >= 0.6 is 11.6 Å². The molecule has 0 amide bonds. The van der Waals surface area contributed by atoms with Gasteiger partial charge in [0.1, 0.15) is 0 Å². The Hall–Kier alpha value is -0.500. The van der Waals surface area contributed by atoms with Gasteiger partial charge in [-0.3, -0.25) is 4.68 Å². The highest BCUT2D eigenvalue weighted by Gasteiger charge is 2.16. The lowest BCUT2D eigenvalue weighted by Gasteiger charge is -2.15. The number of alkyl halides is 1. The van der Waals surface area contributed by atoms with Gasteiger partial charge in [0, 0.05) is 17.8 Å². The lowest BCUT2D eigenvalue weighted by molar-refractivity contribution is 0.367. The van der Waals surface area contributed by atoms with Crippen molar-refractivity contribution in [2.45, 2.75) is 66.3 Å². The van der Waals surface area contributed by atoms with Crippen molar-refractivity contribution in [1.82, 2.24) is 9.78 Å². The van der Waals surface area contributed by atoms with Crippen LogP contribution in [0.4, 0.5) is 0 Å². The molecule has 1 atom stereocenters. The van der Waals surface area contributed by atoms with Crippen LogP contribution in [-0.4, -0.2) is 9.78 Å². The summed E-state index contributed by atoms with van der Waals surface area (Å²) in [7, 11) is 0. The molecule has 0 N–H and O–H groups in total. The SMILES string of the molecule is CCc1nn(CC(C)CC(C)C)c(CC)c1CCl. The van der Waals surface area contributed by atoms with E-state index in [1.807, 2.05) is 0 Å². The second-order valence-corrected chi connectivity index (χ2v) is 5.90. The van der Waals surface area contributed by atoms with E-state index in [0.29, 0.717) is 11.8 Å². The third kappa shape index (κ3) is 3.74. The molecule has 1 heterocycles. The summed E-state index contributed by atoms with van der Waals surface area (Å²) in [5.41, 5.74) is 3.77. The topological polar surface area (TPSA) is 17.8 Å². The molecule has 0 saturated carbocycles. The van der Waals surface area contributed by atoms with Crippen LogP contribution in [0.5, 0.6) is 0 Å². The molecule has 1 aromatic heterocycles. The molecule has 2 nitrogen and oxygen atoms in total. The first-order chi connectivity index (χ1) is 8.53. The zero-order chi connectivity index (χ0) is 13.7. The largest absolute Gasteiger partial charge is 0.269 e. The lowest BCUT2D eigenvalue weighted by Crippen LogP contribution is -2.13. The molecule has 1 rings (SSSR count). The van der Waals surface area contributed by atoms with Crippen LogP contribution in [0.1, 0.15) is 58.0 Å². The zero-order valence-corrected chi connectivity index (χ0v) is 13.2. The minimum Gasteiger partial charge on any atom is -0.269 e. The summed E-state index contributed by atoms with van der Waals surface area (Å²) < 4.78 is 2.20. The number of hydrogen-bond acceptors (Lipinski definition) is 1. The maximum absolute atomic E-state index is 6.08. The fraction of sp³-hybridized carbons (Fsp3) is 0.800. The average Bonchev–Trinajstić information content (AvgIpc) is 2.64. The number of aryl methyl sites for hydroxylation is 1. The van der Waals surface area contributed by atoms with Gasteiger partial charge in [-0.25, -0.2) is 0 Å². The summed E-state index contributed by atoms with van der Waals surface area (Å²) >= 11 is 6.08. The van der Waals surface area contributed by atoms with Crippen molar-refractivity contribution < 1.29 is 0 Å². The Balaban J connectivity index is 2.91. The van der Waals surface area contributed by atoms with E-state index in [-0.39, 0.29) is 0 Å².